The molecule has 0 spiro atoms. The number of fused-ring (bicyclic) bond motifs is 1. The van der Waals surface area contributed by atoms with Gasteiger partial charge in [-0.25, -0.2) is 0 Å². The molecule has 1 amide bonds. The van der Waals surface area contributed by atoms with Gasteiger partial charge in [0.25, 0.3) is 5.91 Å². The highest BCUT2D eigenvalue weighted by Gasteiger charge is 2.31. The minimum atomic E-state index is -0.198. The first-order valence-electron chi connectivity index (χ1n) is 11.6. The lowest BCUT2D eigenvalue weighted by molar-refractivity contribution is 0.0639. The largest absolute Gasteiger partial charge is 0.334 e. The SMILES string of the molecule is CC(C)C(Cc1ccccc1)C(=O)c1ccc2ccccc2c1C(=O)N(C(C)C)C(C)C. The van der Waals surface area contributed by atoms with E-state index in [2.05, 4.69) is 26.0 Å². The Balaban J connectivity index is 2.15. The van der Waals surface area contributed by atoms with Crippen molar-refractivity contribution in [2.24, 2.45) is 11.8 Å². The number of nitrogens with zero attached hydrogens (tertiary/aromatic N) is 1. The van der Waals surface area contributed by atoms with Gasteiger partial charge >= 0.3 is 0 Å². The minimum absolute atomic E-state index is 0.0367. The summed E-state index contributed by atoms with van der Waals surface area (Å²) < 4.78 is 0. The second-order valence-electron chi connectivity index (χ2n) is 9.51. The van der Waals surface area contributed by atoms with E-state index < -0.39 is 0 Å². The summed E-state index contributed by atoms with van der Waals surface area (Å²) in [5, 5.41) is 1.82. The molecule has 3 nitrogen and oxygen atoms in total. The van der Waals surface area contributed by atoms with Crippen molar-refractivity contribution in [2.45, 2.75) is 60.0 Å². The Kier molecular flexibility index (Phi) is 7.50. The van der Waals surface area contributed by atoms with Crippen molar-refractivity contribution < 1.29 is 9.59 Å². The lowest BCUT2D eigenvalue weighted by Crippen LogP contribution is -2.43. The average molecular weight is 430 g/mol. The first-order chi connectivity index (χ1) is 15.2. The molecule has 0 N–H and O–H groups in total. The molecular formula is C29H35NO2. The molecule has 3 aromatic rings. The van der Waals surface area contributed by atoms with E-state index >= 15 is 0 Å². The van der Waals surface area contributed by atoms with Gasteiger partial charge in [-0.1, -0.05) is 74.5 Å². The van der Waals surface area contributed by atoms with Crippen molar-refractivity contribution in [3.05, 3.63) is 83.4 Å². The summed E-state index contributed by atoms with van der Waals surface area (Å²) in [7, 11) is 0. The number of rotatable bonds is 8. The summed E-state index contributed by atoms with van der Waals surface area (Å²) in [5.74, 6) is -0.0668. The number of ketones is 1. The molecule has 0 radical (unpaired) electrons. The Morgan fingerprint density at radius 1 is 0.750 bits per heavy atom. The minimum Gasteiger partial charge on any atom is -0.334 e. The molecule has 0 aliphatic heterocycles. The maximum atomic E-state index is 14.0. The fourth-order valence-corrected chi connectivity index (χ4v) is 4.60. The van der Waals surface area contributed by atoms with E-state index in [1.54, 1.807) is 0 Å². The van der Waals surface area contributed by atoms with Gasteiger partial charge in [0.2, 0.25) is 0 Å². The molecule has 3 heteroatoms. The summed E-state index contributed by atoms with van der Waals surface area (Å²) >= 11 is 0. The van der Waals surface area contributed by atoms with Crippen LogP contribution in [0, 0.1) is 11.8 Å². The van der Waals surface area contributed by atoms with Crippen molar-refractivity contribution in [1.82, 2.24) is 4.90 Å². The number of carbonyl (C=O) groups excluding carboxylic acids is 2. The van der Waals surface area contributed by atoms with Gasteiger partial charge in [-0.05, 0) is 62.4 Å². The molecule has 32 heavy (non-hydrogen) atoms. The third-order valence-corrected chi connectivity index (χ3v) is 6.20. The zero-order valence-corrected chi connectivity index (χ0v) is 20.1. The Labute approximate surface area is 192 Å². The van der Waals surface area contributed by atoms with Gasteiger partial charge in [0.15, 0.2) is 5.78 Å². The highest BCUT2D eigenvalue weighted by atomic mass is 16.2. The lowest BCUT2D eigenvalue weighted by Gasteiger charge is -2.32. The number of hydrogen-bond donors (Lipinski definition) is 0. The number of carbonyl (C=O) groups is 2. The molecule has 0 fully saturated rings. The maximum absolute atomic E-state index is 14.0. The third kappa shape index (κ3) is 4.93. The summed E-state index contributed by atoms with van der Waals surface area (Å²) in [4.78, 5) is 29.7. The number of Topliss-reactive ketones (excluding diaryl/α,β-unsaturated/α-hetero) is 1. The van der Waals surface area contributed by atoms with Crippen LogP contribution in [-0.4, -0.2) is 28.7 Å². The van der Waals surface area contributed by atoms with E-state index in [1.807, 2.05) is 87.2 Å². The van der Waals surface area contributed by atoms with Crippen LogP contribution in [0.2, 0.25) is 0 Å². The van der Waals surface area contributed by atoms with Gasteiger partial charge in [-0.3, -0.25) is 9.59 Å². The molecule has 3 rings (SSSR count). The smallest absolute Gasteiger partial charge is 0.255 e. The molecule has 0 aromatic heterocycles. The molecule has 1 atom stereocenters. The normalized spacial score (nSPS) is 12.5. The van der Waals surface area contributed by atoms with E-state index in [1.165, 1.54) is 0 Å². The van der Waals surface area contributed by atoms with Crippen LogP contribution in [0.15, 0.2) is 66.7 Å². The van der Waals surface area contributed by atoms with Gasteiger partial charge in [0.05, 0.1) is 5.56 Å². The third-order valence-electron chi connectivity index (χ3n) is 6.20. The van der Waals surface area contributed by atoms with Gasteiger partial charge in [-0.15, -0.1) is 0 Å². The van der Waals surface area contributed by atoms with Crippen molar-refractivity contribution >= 4 is 22.5 Å². The monoisotopic (exact) mass is 429 g/mol. The predicted molar refractivity (Wildman–Crippen MR) is 133 cm³/mol. The van der Waals surface area contributed by atoms with Crippen molar-refractivity contribution in [3.8, 4) is 0 Å². The summed E-state index contributed by atoms with van der Waals surface area (Å²) in [5.41, 5.74) is 2.21. The number of amides is 1. The Hall–Kier alpha value is -2.94. The molecule has 0 aliphatic rings. The van der Waals surface area contributed by atoms with E-state index in [-0.39, 0.29) is 35.6 Å². The van der Waals surface area contributed by atoms with Gasteiger partial charge in [0, 0.05) is 23.6 Å². The fraction of sp³-hybridized carbons (Fsp3) is 0.379. The van der Waals surface area contributed by atoms with E-state index in [0.717, 1.165) is 16.3 Å². The molecule has 0 aliphatic carbocycles. The van der Waals surface area contributed by atoms with Crippen LogP contribution in [0.5, 0.6) is 0 Å². The van der Waals surface area contributed by atoms with Crippen LogP contribution in [0.3, 0.4) is 0 Å². The van der Waals surface area contributed by atoms with Crippen LogP contribution >= 0.6 is 0 Å². The molecule has 168 valence electrons. The topological polar surface area (TPSA) is 37.4 Å². The molecule has 0 heterocycles. The summed E-state index contributed by atoms with van der Waals surface area (Å²) in [6.07, 6.45) is 0.663. The van der Waals surface area contributed by atoms with E-state index in [9.17, 15) is 9.59 Å². The highest BCUT2D eigenvalue weighted by Crippen LogP contribution is 2.30. The first-order valence-corrected chi connectivity index (χ1v) is 11.6. The van der Waals surface area contributed by atoms with Crippen molar-refractivity contribution in [1.29, 1.82) is 0 Å². The van der Waals surface area contributed by atoms with Crippen molar-refractivity contribution in [2.75, 3.05) is 0 Å². The quantitative estimate of drug-likeness (QED) is 0.369. The van der Waals surface area contributed by atoms with Crippen LogP contribution in [-0.2, 0) is 6.42 Å². The summed E-state index contributed by atoms with van der Waals surface area (Å²) in [6, 6.07) is 21.9. The second kappa shape index (κ2) is 10.1. The van der Waals surface area contributed by atoms with Crippen molar-refractivity contribution in [3.63, 3.8) is 0 Å². The molecule has 1 unspecified atom stereocenters. The molecule has 0 bridgehead atoms. The predicted octanol–water partition coefficient (Wildman–Crippen LogP) is 6.80. The van der Waals surface area contributed by atoms with Crippen LogP contribution < -0.4 is 0 Å². The molecule has 0 saturated carbocycles. The van der Waals surface area contributed by atoms with E-state index in [0.29, 0.717) is 17.5 Å². The Morgan fingerprint density at radius 3 is 1.94 bits per heavy atom. The van der Waals surface area contributed by atoms with Gasteiger partial charge in [-0.2, -0.15) is 0 Å². The fourth-order valence-electron chi connectivity index (χ4n) is 4.60. The molecule has 3 aromatic carbocycles. The van der Waals surface area contributed by atoms with E-state index in [4.69, 9.17) is 0 Å². The summed E-state index contributed by atoms with van der Waals surface area (Å²) in [6.45, 7) is 12.3. The second-order valence-corrected chi connectivity index (χ2v) is 9.51. The van der Waals surface area contributed by atoms with Crippen LogP contribution in [0.25, 0.3) is 10.8 Å². The average Bonchev–Trinajstić information content (AvgIpc) is 2.76. The van der Waals surface area contributed by atoms with Gasteiger partial charge in [0.1, 0.15) is 0 Å². The molecular weight excluding hydrogens is 394 g/mol. The Morgan fingerprint density at radius 2 is 1.34 bits per heavy atom. The maximum Gasteiger partial charge on any atom is 0.255 e. The lowest BCUT2D eigenvalue weighted by atomic mass is 9.81. The highest BCUT2D eigenvalue weighted by molar-refractivity contribution is 6.16. The number of hydrogen-bond acceptors (Lipinski definition) is 2. The zero-order chi connectivity index (χ0) is 23.4. The molecule has 0 saturated heterocycles. The Bertz CT molecular complexity index is 1070. The van der Waals surface area contributed by atoms with Crippen LogP contribution in [0.4, 0.5) is 0 Å². The van der Waals surface area contributed by atoms with Crippen LogP contribution in [0.1, 0.15) is 67.8 Å². The number of benzene rings is 3. The standard InChI is InChI=1S/C29H35NO2/c1-19(2)26(18-22-12-8-7-9-13-22)28(31)25-17-16-23-14-10-11-15-24(23)27(25)29(32)30(20(3)4)21(5)6/h7-17,19-21,26H,18H2,1-6H3. The first kappa shape index (κ1) is 23.7. The van der Waals surface area contributed by atoms with Gasteiger partial charge < -0.3 is 4.90 Å². The zero-order valence-electron chi connectivity index (χ0n) is 20.1.